The molecule has 0 aromatic carbocycles. The number of hydrogen-bond acceptors (Lipinski definition) is 6. The number of aromatic nitrogens is 2. The molecule has 6 nitrogen and oxygen atoms in total. The standard InChI is InChI=1S/C16H19N3O3S/c1-9-17-15(18-22-9)10-6-11-2-3-12(7-10)19(11)8-13-4-5-14(23-13)16(20)21/h4-5,10-12H,2-3,6-8H2,1H3,(H,20,21). The average Bonchev–Trinajstić information content (AvgIpc) is 3.20. The molecule has 23 heavy (non-hydrogen) atoms. The Morgan fingerprint density at radius 1 is 1.39 bits per heavy atom. The fraction of sp³-hybridized carbons (Fsp3) is 0.562. The summed E-state index contributed by atoms with van der Waals surface area (Å²) >= 11 is 1.39. The summed E-state index contributed by atoms with van der Waals surface area (Å²) in [4.78, 5) is 19.5. The second-order valence-corrected chi connectivity index (χ2v) is 7.64. The molecule has 7 heteroatoms. The van der Waals surface area contributed by atoms with Gasteiger partial charge in [-0.1, -0.05) is 5.16 Å². The summed E-state index contributed by atoms with van der Waals surface area (Å²) in [6, 6.07) is 4.72. The lowest BCUT2D eigenvalue weighted by Crippen LogP contribution is -2.41. The Bertz CT molecular complexity index is 712. The summed E-state index contributed by atoms with van der Waals surface area (Å²) in [6.45, 7) is 2.68. The van der Waals surface area contributed by atoms with Gasteiger partial charge in [0.15, 0.2) is 5.82 Å². The topological polar surface area (TPSA) is 79.5 Å². The van der Waals surface area contributed by atoms with E-state index >= 15 is 0 Å². The van der Waals surface area contributed by atoms with Gasteiger partial charge in [-0.15, -0.1) is 11.3 Å². The molecule has 2 unspecified atom stereocenters. The molecule has 4 rings (SSSR count). The first-order valence-corrected chi connectivity index (χ1v) is 8.80. The molecule has 4 heterocycles. The minimum Gasteiger partial charge on any atom is -0.477 e. The Morgan fingerprint density at radius 3 is 2.70 bits per heavy atom. The van der Waals surface area contributed by atoms with E-state index in [2.05, 4.69) is 15.0 Å². The van der Waals surface area contributed by atoms with Crippen LogP contribution in [0.25, 0.3) is 0 Å². The van der Waals surface area contributed by atoms with Crippen molar-refractivity contribution in [3.63, 3.8) is 0 Å². The molecule has 1 N–H and O–H groups in total. The van der Waals surface area contributed by atoms with Crippen LogP contribution in [0.2, 0.25) is 0 Å². The number of fused-ring (bicyclic) bond motifs is 2. The van der Waals surface area contributed by atoms with Crippen molar-refractivity contribution in [3.8, 4) is 0 Å². The Balaban J connectivity index is 1.46. The second-order valence-electron chi connectivity index (χ2n) is 6.47. The highest BCUT2D eigenvalue weighted by Gasteiger charge is 2.42. The Labute approximate surface area is 138 Å². The SMILES string of the molecule is Cc1nc(C2CC3CCC(C2)N3Cc2ccc(C(=O)O)s2)no1. The Hall–Kier alpha value is -1.73. The molecule has 2 fully saturated rings. The molecule has 2 aromatic rings. The molecule has 2 bridgehead atoms. The van der Waals surface area contributed by atoms with Crippen molar-refractivity contribution in [2.24, 2.45) is 0 Å². The van der Waals surface area contributed by atoms with Crippen LogP contribution in [0, 0.1) is 6.92 Å². The number of aryl methyl sites for hydroxylation is 1. The molecule has 2 aromatic heterocycles. The number of hydrogen-bond donors (Lipinski definition) is 1. The second kappa shape index (κ2) is 5.72. The molecule has 2 aliphatic heterocycles. The number of carbonyl (C=O) groups is 1. The fourth-order valence-corrected chi connectivity index (χ4v) is 4.84. The van der Waals surface area contributed by atoms with Gasteiger partial charge in [-0.25, -0.2) is 4.79 Å². The number of rotatable bonds is 4. The van der Waals surface area contributed by atoms with Crippen LogP contribution in [0.15, 0.2) is 16.7 Å². The summed E-state index contributed by atoms with van der Waals surface area (Å²) in [5.74, 6) is 1.03. The first-order valence-electron chi connectivity index (χ1n) is 7.98. The minimum atomic E-state index is -0.838. The predicted octanol–water partition coefficient (Wildman–Crippen LogP) is 3.05. The van der Waals surface area contributed by atoms with E-state index in [1.54, 1.807) is 6.07 Å². The Morgan fingerprint density at radius 2 is 2.13 bits per heavy atom. The number of carboxylic acid groups (broad SMARTS) is 1. The van der Waals surface area contributed by atoms with Crippen LogP contribution in [0.4, 0.5) is 0 Å². The largest absolute Gasteiger partial charge is 0.477 e. The number of thiophene rings is 1. The smallest absolute Gasteiger partial charge is 0.345 e. The van der Waals surface area contributed by atoms with Gasteiger partial charge in [-0.3, -0.25) is 4.90 Å². The maximum Gasteiger partial charge on any atom is 0.345 e. The monoisotopic (exact) mass is 333 g/mol. The summed E-state index contributed by atoms with van der Waals surface area (Å²) in [5, 5.41) is 13.2. The normalized spacial score (nSPS) is 27.4. The van der Waals surface area contributed by atoms with E-state index in [1.165, 1.54) is 24.2 Å². The zero-order chi connectivity index (χ0) is 16.0. The number of aromatic carboxylic acids is 1. The van der Waals surface area contributed by atoms with Crippen molar-refractivity contribution >= 4 is 17.3 Å². The summed E-state index contributed by atoms with van der Waals surface area (Å²) in [5.41, 5.74) is 0. The van der Waals surface area contributed by atoms with E-state index < -0.39 is 5.97 Å². The minimum absolute atomic E-state index is 0.388. The molecule has 2 saturated heterocycles. The summed E-state index contributed by atoms with van der Waals surface area (Å²) in [7, 11) is 0. The van der Waals surface area contributed by atoms with Gasteiger partial charge in [0, 0.05) is 36.3 Å². The van der Waals surface area contributed by atoms with Crippen molar-refractivity contribution in [2.45, 2.75) is 57.2 Å². The van der Waals surface area contributed by atoms with Crippen LogP contribution in [0.1, 0.15) is 57.9 Å². The highest BCUT2D eigenvalue weighted by Crippen LogP contribution is 2.43. The molecule has 0 saturated carbocycles. The first kappa shape index (κ1) is 14.8. The van der Waals surface area contributed by atoms with Gasteiger partial charge in [0.2, 0.25) is 5.89 Å². The predicted molar refractivity (Wildman–Crippen MR) is 84.6 cm³/mol. The third kappa shape index (κ3) is 2.79. The van der Waals surface area contributed by atoms with Gasteiger partial charge in [-0.2, -0.15) is 4.98 Å². The van der Waals surface area contributed by atoms with Crippen molar-refractivity contribution in [2.75, 3.05) is 0 Å². The van der Waals surface area contributed by atoms with Gasteiger partial charge in [-0.05, 0) is 37.8 Å². The van der Waals surface area contributed by atoms with E-state index in [-0.39, 0.29) is 0 Å². The molecule has 2 aliphatic rings. The molecule has 0 spiro atoms. The van der Waals surface area contributed by atoms with Crippen LogP contribution in [-0.4, -0.2) is 38.2 Å². The highest BCUT2D eigenvalue weighted by molar-refractivity contribution is 7.13. The van der Waals surface area contributed by atoms with Gasteiger partial charge in [0.05, 0.1) is 0 Å². The summed E-state index contributed by atoms with van der Waals surface area (Å²) in [6.07, 6.45) is 4.53. The number of nitrogens with zero attached hydrogens (tertiary/aromatic N) is 3. The molecule has 0 aliphatic carbocycles. The van der Waals surface area contributed by atoms with Crippen LogP contribution in [0.3, 0.4) is 0 Å². The molecule has 122 valence electrons. The van der Waals surface area contributed by atoms with Crippen molar-refractivity contribution in [1.29, 1.82) is 0 Å². The van der Waals surface area contributed by atoms with E-state index in [0.29, 0.717) is 28.8 Å². The first-order chi connectivity index (χ1) is 11.1. The zero-order valence-corrected chi connectivity index (χ0v) is 13.8. The average molecular weight is 333 g/mol. The lowest BCUT2D eigenvalue weighted by Gasteiger charge is -2.37. The van der Waals surface area contributed by atoms with Gasteiger partial charge < -0.3 is 9.63 Å². The van der Waals surface area contributed by atoms with Gasteiger partial charge >= 0.3 is 5.97 Å². The van der Waals surface area contributed by atoms with Crippen molar-refractivity contribution < 1.29 is 14.4 Å². The Kier molecular flexibility index (Phi) is 3.69. The van der Waals surface area contributed by atoms with E-state index in [4.69, 9.17) is 9.63 Å². The quantitative estimate of drug-likeness (QED) is 0.926. The number of carboxylic acids is 1. The summed E-state index contributed by atoms with van der Waals surface area (Å²) < 4.78 is 5.13. The van der Waals surface area contributed by atoms with Gasteiger partial charge in [0.25, 0.3) is 0 Å². The maximum absolute atomic E-state index is 11.0. The molecule has 2 atom stereocenters. The zero-order valence-electron chi connectivity index (χ0n) is 12.9. The third-order valence-electron chi connectivity index (χ3n) is 5.00. The number of piperidine rings is 1. The lowest BCUT2D eigenvalue weighted by atomic mass is 9.90. The van der Waals surface area contributed by atoms with Crippen LogP contribution < -0.4 is 0 Å². The van der Waals surface area contributed by atoms with E-state index in [9.17, 15) is 4.79 Å². The van der Waals surface area contributed by atoms with E-state index in [0.717, 1.165) is 30.1 Å². The van der Waals surface area contributed by atoms with Crippen LogP contribution >= 0.6 is 11.3 Å². The molecular weight excluding hydrogens is 314 g/mol. The van der Waals surface area contributed by atoms with Crippen LogP contribution in [0.5, 0.6) is 0 Å². The highest BCUT2D eigenvalue weighted by atomic mass is 32.1. The molecule has 0 amide bonds. The lowest BCUT2D eigenvalue weighted by molar-refractivity contribution is 0.0702. The van der Waals surface area contributed by atoms with Crippen molar-refractivity contribution in [3.05, 3.63) is 33.6 Å². The third-order valence-corrected chi connectivity index (χ3v) is 6.06. The fourth-order valence-electron chi connectivity index (χ4n) is 3.98. The van der Waals surface area contributed by atoms with Gasteiger partial charge in [0.1, 0.15) is 4.88 Å². The van der Waals surface area contributed by atoms with Crippen LogP contribution in [-0.2, 0) is 6.54 Å². The maximum atomic E-state index is 11.0. The molecule has 0 radical (unpaired) electrons. The molecular formula is C16H19N3O3S. The van der Waals surface area contributed by atoms with E-state index in [1.807, 2.05) is 13.0 Å². The van der Waals surface area contributed by atoms with Crippen molar-refractivity contribution in [1.82, 2.24) is 15.0 Å².